The average molecular weight is 646 g/mol. The topological polar surface area (TPSA) is 62.7 Å². The van der Waals surface area contributed by atoms with Crippen LogP contribution in [0.1, 0.15) is 20.8 Å². The number of furan rings is 1. The molecule has 0 unspecified atom stereocenters. The second-order valence-electron chi connectivity index (χ2n) is 7.80. The third-order valence-electron chi connectivity index (χ3n) is 5.45. The van der Waals surface area contributed by atoms with Gasteiger partial charge < -0.3 is 14.4 Å². The normalized spacial score (nSPS) is 11.8. The molecule has 0 aliphatic heterocycles. The second kappa shape index (κ2) is 11.1. The van der Waals surface area contributed by atoms with Crippen molar-refractivity contribution in [2.75, 3.05) is 0 Å². The van der Waals surface area contributed by atoms with Gasteiger partial charge in [-0.25, -0.2) is 12.1 Å². The van der Waals surface area contributed by atoms with Crippen molar-refractivity contribution in [1.82, 2.24) is 9.97 Å². The van der Waals surface area contributed by atoms with Gasteiger partial charge in [-0.3, -0.25) is 0 Å². The first-order valence-corrected chi connectivity index (χ1v) is 10.9. The van der Waals surface area contributed by atoms with E-state index in [2.05, 4.69) is 34.2 Å². The molecule has 5 heteroatoms. The fourth-order valence-corrected chi connectivity index (χ4v) is 3.73. The van der Waals surface area contributed by atoms with Gasteiger partial charge >= 0.3 is 20.1 Å². The molecule has 0 aliphatic carbocycles. The summed E-state index contributed by atoms with van der Waals surface area (Å²) in [5, 5.41) is 11.0. The maximum atomic E-state index is 9.50. The molecule has 0 saturated heterocycles. The fourth-order valence-electron chi connectivity index (χ4n) is 3.73. The largest absolute Gasteiger partial charge is 3.00 e. The molecule has 0 saturated carbocycles. The molecule has 0 N–H and O–H groups in total. The zero-order chi connectivity index (χ0) is 26.7. The molecule has 36 heavy (non-hydrogen) atoms. The molecule has 6 aromatic rings. The standard InChI is InChI=1S/C19H10N2O.C12H10N.Ir/c1-12-8-9-14-13-5-4-6-15(17-7-2-3-10-21-17)18(13)22-19(14)16(12)11-20;1-10-7-8-12(13-9-10)11-5-3-2-4-6-11;/h2-5,8-10H,1H3;2-5,7-9H,1H3;/q-2;-1;+3/i1D3;;. The van der Waals surface area contributed by atoms with Crippen molar-refractivity contribution in [1.29, 1.82) is 5.26 Å². The Labute approximate surface area is 227 Å². The third kappa shape index (κ3) is 4.97. The van der Waals surface area contributed by atoms with E-state index in [9.17, 15) is 5.26 Å². The van der Waals surface area contributed by atoms with Gasteiger partial charge in [0.15, 0.2) is 0 Å². The molecule has 6 rings (SSSR count). The van der Waals surface area contributed by atoms with Crippen LogP contribution in [0.15, 0.2) is 89.6 Å². The van der Waals surface area contributed by atoms with Crippen LogP contribution in [0, 0.1) is 43.3 Å². The molecule has 0 amide bonds. The van der Waals surface area contributed by atoms with E-state index >= 15 is 0 Å². The molecule has 4 nitrogen and oxygen atoms in total. The molecule has 0 atom stereocenters. The summed E-state index contributed by atoms with van der Waals surface area (Å²) in [6, 6.07) is 33.4. The van der Waals surface area contributed by atoms with Crippen molar-refractivity contribution in [3.63, 3.8) is 0 Å². The first-order valence-electron chi connectivity index (χ1n) is 12.4. The SMILES string of the molecule is Cc1ccc(-c2[c-]cccc2)nc1.[2H]C([2H])([2H])c1ccc2c(oc3c(-c4[c-]cccn4)[c-]ccc32)c1C#N.[Ir+3]. The molecular weight excluding hydrogens is 623 g/mol. The second-order valence-corrected chi connectivity index (χ2v) is 7.80. The third-order valence-corrected chi connectivity index (χ3v) is 5.45. The summed E-state index contributed by atoms with van der Waals surface area (Å²) >= 11 is 0. The number of hydrogen-bond donors (Lipinski definition) is 0. The van der Waals surface area contributed by atoms with E-state index in [-0.39, 0.29) is 36.8 Å². The monoisotopic (exact) mass is 646 g/mol. The van der Waals surface area contributed by atoms with Crippen molar-refractivity contribution in [3.8, 4) is 28.6 Å². The number of aromatic nitrogens is 2. The van der Waals surface area contributed by atoms with Crippen LogP contribution in [0.2, 0.25) is 0 Å². The van der Waals surface area contributed by atoms with Crippen LogP contribution in [0.3, 0.4) is 0 Å². The molecule has 0 fully saturated rings. The van der Waals surface area contributed by atoms with Gasteiger partial charge in [-0.15, -0.1) is 53.7 Å². The Balaban J connectivity index is 0.000000213. The average Bonchev–Trinajstić information content (AvgIpc) is 3.33. The van der Waals surface area contributed by atoms with Gasteiger partial charge in [0.25, 0.3) is 0 Å². The first-order chi connectivity index (χ1) is 18.4. The van der Waals surface area contributed by atoms with Crippen molar-refractivity contribution < 1.29 is 28.6 Å². The Kier molecular flexibility index (Phi) is 6.53. The molecular formula is C31H20IrN3O. The Morgan fingerprint density at radius 3 is 2.44 bits per heavy atom. The number of aryl methyl sites for hydroxylation is 2. The molecule has 0 radical (unpaired) electrons. The van der Waals surface area contributed by atoms with Crippen LogP contribution in [-0.4, -0.2) is 9.97 Å². The number of nitrogens with zero attached hydrogens (tertiary/aromatic N) is 3. The van der Waals surface area contributed by atoms with E-state index in [1.165, 1.54) is 11.6 Å². The summed E-state index contributed by atoms with van der Waals surface area (Å²) < 4.78 is 28.8. The minimum absolute atomic E-state index is 0. The van der Waals surface area contributed by atoms with Gasteiger partial charge in [-0.1, -0.05) is 29.7 Å². The minimum atomic E-state index is -2.39. The van der Waals surface area contributed by atoms with Gasteiger partial charge in [-0.2, -0.15) is 23.0 Å². The summed E-state index contributed by atoms with van der Waals surface area (Å²) in [5.74, 6) is 0. The van der Waals surface area contributed by atoms with Crippen molar-refractivity contribution >= 4 is 21.9 Å². The molecule has 174 valence electrons. The molecule has 0 spiro atoms. The minimum Gasteiger partial charge on any atom is -0.512 e. The van der Waals surface area contributed by atoms with Crippen LogP contribution in [0.4, 0.5) is 0 Å². The van der Waals surface area contributed by atoms with Crippen molar-refractivity contribution in [2.24, 2.45) is 0 Å². The molecule has 3 aromatic heterocycles. The van der Waals surface area contributed by atoms with E-state index < -0.39 is 6.85 Å². The number of fused-ring (bicyclic) bond motifs is 3. The van der Waals surface area contributed by atoms with Gasteiger partial charge in [-0.05, 0) is 42.4 Å². The van der Waals surface area contributed by atoms with Crippen molar-refractivity contribution in [3.05, 3.63) is 120 Å². The van der Waals surface area contributed by atoms with Gasteiger partial charge in [0.1, 0.15) is 11.7 Å². The summed E-state index contributed by atoms with van der Waals surface area (Å²) in [6.07, 6.45) is 3.52. The number of hydrogen-bond acceptors (Lipinski definition) is 4. The fraction of sp³-hybridized carbons (Fsp3) is 0.0645. The quantitative estimate of drug-likeness (QED) is 0.186. The summed E-state index contributed by atoms with van der Waals surface area (Å²) in [5.41, 5.74) is 5.18. The van der Waals surface area contributed by atoms with E-state index in [0.29, 0.717) is 22.2 Å². The summed E-state index contributed by atoms with van der Waals surface area (Å²) in [6.45, 7) is -0.354. The predicted octanol–water partition coefficient (Wildman–Crippen LogP) is 7.28. The number of pyridine rings is 2. The Morgan fingerprint density at radius 1 is 0.889 bits per heavy atom. The maximum absolute atomic E-state index is 9.50. The van der Waals surface area contributed by atoms with Gasteiger partial charge in [0, 0.05) is 15.7 Å². The maximum Gasteiger partial charge on any atom is 3.00 e. The van der Waals surface area contributed by atoms with Crippen LogP contribution in [-0.2, 0) is 20.1 Å². The Bertz CT molecular complexity index is 1760. The van der Waals surface area contributed by atoms with E-state index in [1.54, 1.807) is 30.5 Å². The summed E-state index contributed by atoms with van der Waals surface area (Å²) in [4.78, 5) is 8.58. The van der Waals surface area contributed by atoms with E-state index in [0.717, 1.165) is 16.6 Å². The van der Waals surface area contributed by atoms with E-state index in [4.69, 9.17) is 8.53 Å². The van der Waals surface area contributed by atoms with Crippen molar-refractivity contribution in [2.45, 2.75) is 13.8 Å². The van der Waals surface area contributed by atoms with Crippen LogP contribution in [0.25, 0.3) is 44.5 Å². The van der Waals surface area contributed by atoms with E-state index in [1.807, 2.05) is 55.6 Å². The van der Waals surface area contributed by atoms with Gasteiger partial charge in [0.05, 0.1) is 5.56 Å². The van der Waals surface area contributed by atoms with Gasteiger partial charge in [0.2, 0.25) is 0 Å². The van der Waals surface area contributed by atoms with Crippen LogP contribution in [0.5, 0.6) is 0 Å². The smallest absolute Gasteiger partial charge is 0.512 e. The Hall–Kier alpha value is -4.10. The summed E-state index contributed by atoms with van der Waals surface area (Å²) in [7, 11) is 0. The predicted molar refractivity (Wildman–Crippen MR) is 137 cm³/mol. The Morgan fingerprint density at radius 2 is 1.75 bits per heavy atom. The molecule has 0 aliphatic rings. The number of rotatable bonds is 2. The molecule has 0 bridgehead atoms. The zero-order valence-electron chi connectivity index (χ0n) is 22.2. The first kappa shape index (κ1) is 21.2. The molecule has 3 heterocycles. The van der Waals surface area contributed by atoms with Crippen LogP contribution >= 0.6 is 0 Å². The number of nitriles is 1. The van der Waals surface area contributed by atoms with Crippen LogP contribution < -0.4 is 0 Å². The molecule has 3 aromatic carbocycles. The zero-order valence-corrected chi connectivity index (χ0v) is 21.6. The number of benzene rings is 3.